The Labute approximate surface area is 102 Å². The number of carbonyl (C=O) groups is 1. The van der Waals surface area contributed by atoms with Crippen LogP contribution in [0.25, 0.3) is 0 Å². The summed E-state index contributed by atoms with van der Waals surface area (Å²) in [6.45, 7) is -3.63. The molecule has 0 unspecified atom stereocenters. The number of hydrogen-bond acceptors (Lipinski definition) is 1. The van der Waals surface area contributed by atoms with Gasteiger partial charge in [-0.25, -0.2) is 8.78 Å². The van der Waals surface area contributed by atoms with E-state index in [4.69, 9.17) is 15.7 Å². The molecule has 1 aromatic rings. The molecule has 0 aliphatic heterocycles. The van der Waals surface area contributed by atoms with Crippen LogP contribution in [-0.2, 0) is 4.79 Å². The van der Waals surface area contributed by atoms with Crippen LogP contribution in [0.4, 0.5) is 27.6 Å². The summed E-state index contributed by atoms with van der Waals surface area (Å²) in [5.74, 6) is -5.91. The van der Waals surface area contributed by atoms with Crippen LogP contribution in [0.15, 0.2) is 12.1 Å². The fourth-order valence-electron chi connectivity index (χ4n) is 0.925. The van der Waals surface area contributed by atoms with Gasteiger partial charge in [-0.05, 0) is 12.1 Å². The van der Waals surface area contributed by atoms with Gasteiger partial charge >= 0.3 is 12.1 Å². The van der Waals surface area contributed by atoms with Gasteiger partial charge in [0, 0.05) is 11.1 Å². The number of hydrogen-bond donors (Lipinski definition) is 0. The number of nitrogens with zero attached hydrogens (tertiary/aromatic N) is 1. The minimum Gasteiger partial charge on any atom is -0.305 e. The molecular weight excluding hydrogens is 269 g/mol. The van der Waals surface area contributed by atoms with Crippen molar-refractivity contribution >= 4 is 23.2 Å². The molecule has 0 aliphatic carbocycles. The van der Waals surface area contributed by atoms with Crippen LogP contribution in [0.5, 0.6) is 0 Å². The number of halogens is 6. The van der Waals surface area contributed by atoms with Crippen LogP contribution in [0.3, 0.4) is 0 Å². The number of alkyl halides is 3. The molecule has 0 atom stereocenters. The van der Waals surface area contributed by atoms with E-state index >= 15 is 0 Å². The van der Waals surface area contributed by atoms with Crippen molar-refractivity contribution in [2.75, 3.05) is 11.9 Å². The summed E-state index contributed by atoms with van der Waals surface area (Å²) in [5, 5.41) is -1.22. The Bertz CT molecular complexity index is 546. The van der Waals surface area contributed by atoms with Crippen molar-refractivity contribution in [2.45, 2.75) is 6.18 Å². The number of anilines is 1. The molecule has 2 nitrogen and oxygen atoms in total. The van der Waals surface area contributed by atoms with Crippen molar-refractivity contribution in [1.82, 2.24) is 0 Å². The summed E-state index contributed by atoms with van der Waals surface area (Å²) in [4.78, 5) is 10.3. The highest BCUT2D eigenvalue weighted by Crippen LogP contribution is 2.30. The van der Waals surface area contributed by atoms with Crippen LogP contribution >= 0.6 is 11.6 Å². The van der Waals surface area contributed by atoms with Gasteiger partial charge in [0.1, 0.15) is 10.8 Å². The summed E-state index contributed by atoms with van der Waals surface area (Å²) in [6.07, 6.45) is -5.55. The summed E-state index contributed by atoms with van der Waals surface area (Å²) in [7, 11) is 0. The lowest BCUT2D eigenvalue weighted by Crippen LogP contribution is -2.39. The van der Waals surface area contributed by atoms with Gasteiger partial charge in [0.25, 0.3) is 0 Å². The van der Waals surface area contributed by atoms with E-state index in [1.54, 1.807) is 0 Å². The highest BCUT2D eigenvalue weighted by Gasteiger charge is 2.42. The Kier molecular flexibility index (Phi) is 2.54. The van der Waals surface area contributed by atoms with Gasteiger partial charge in [-0.15, -0.1) is 0 Å². The Hall–Kier alpha value is -1.37. The maximum absolute atomic E-state index is 13.6. The zero-order valence-electron chi connectivity index (χ0n) is 10.8. The molecule has 0 aliphatic rings. The van der Waals surface area contributed by atoms with E-state index in [9.17, 15) is 26.7 Å². The van der Waals surface area contributed by atoms with Crippen LogP contribution in [0.1, 0.15) is 4.11 Å². The molecule has 0 saturated carbocycles. The van der Waals surface area contributed by atoms with E-state index in [1.165, 1.54) is 0 Å². The van der Waals surface area contributed by atoms with Gasteiger partial charge in [-0.3, -0.25) is 4.79 Å². The predicted molar refractivity (Wildman–Crippen MR) is 50.8 cm³/mol. The van der Waals surface area contributed by atoms with E-state index in [0.717, 1.165) is 0 Å². The first-order chi connectivity index (χ1) is 8.87. The first-order valence-corrected chi connectivity index (χ1v) is 4.30. The highest BCUT2D eigenvalue weighted by molar-refractivity contribution is 6.31. The Morgan fingerprint density at radius 2 is 2.00 bits per heavy atom. The van der Waals surface area contributed by atoms with Crippen molar-refractivity contribution in [2.24, 2.45) is 0 Å². The van der Waals surface area contributed by atoms with Crippen molar-refractivity contribution < 1.29 is 30.9 Å². The SMILES string of the molecule is [2H]C([2H])([2H])N(C(=O)C(F)(F)F)c1ccc(F)c(Cl)c1F. The lowest BCUT2D eigenvalue weighted by Gasteiger charge is -2.19. The monoisotopic (exact) mass is 276 g/mol. The van der Waals surface area contributed by atoms with Crippen molar-refractivity contribution in [1.29, 1.82) is 0 Å². The van der Waals surface area contributed by atoms with Gasteiger partial charge in [-0.2, -0.15) is 13.2 Å². The van der Waals surface area contributed by atoms with Gasteiger partial charge in [0.15, 0.2) is 5.82 Å². The van der Waals surface area contributed by atoms with E-state index in [1.807, 2.05) is 0 Å². The molecule has 1 aromatic carbocycles. The second kappa shape index (κ2) is 4.48. The van der Waals surface area contributed by atoms with E-state index in [2.05, 4.69) is 0 Å². The smallest absolute Gasteiger partial charge is 0.305 e. The lowest BCUT2D eigenvalue weighted by atomic mass is 10.2. The largest absolute Gasteiger partial charge is 0.471 e. The third-order valence-electron chi connectivity index (χ3n) is 1.70. The van der Waals surface area contributed by atoms with Gasteiger partial charge in [-0.1, -0.05) is 11.6 Å². The minimum absolute atomic E-state index is 0.382. The zero-order chi connectivity index (χ0) is 15.9. The Morgan fingerprint density at radius 3 is 2.47 bits per heavy atom. The lowest BCUT2D eigenvalue weighted by molar-refractivity contribution is -0.170. The summed E-state index contributed by atoms with van der Waals surface area (Å²) in [6, 6.07) is 0.829. The number of rotatable bonds is 1. The van der Waals surface area contributed by atoms with Crippen LogP contribution < -0.4 is 4.90 Å². The van der Waals surface area contributed by atoms with Crippen molar-refractivity contribution in [3.05, 3.63) is 28.8 Å². The molecule has 0 bridgehead atoms. The summed E-state index contributed by atoms with van der Waals surface area (Å²) >= 11 is 5.14. The average molecular weight is 277 g/mol. The van der Waals surface area contributed by atoms with E-state index < -0.39 is 46.3 Å². The van der Waals surface area contributed by atoms with E-state index in [-0.39, 0.29) is 0 Å². The topological polar surface area (TPSA) is 20.3 Å². The average Bonchev–Trinajstić information content (AvgIpc) is 2.26. The van der Waals surface area contributed by atoms with Crippen LogP contribution in [-0.4, -0.2) is 19.1 Å². The first kappa shape index (κ1) is 9.64. The second-order valence-electron chi connectivity index (χ2n) is 2.83. The fourth-order valence-corrected chi connectivity index (χ4v) is 1.08. The third kappa shape index (κ3) is 2.66. The predicted octanol–water partition coefficient (Wildman–Crippen LogP) is 3.14. The maximum Gasteiger partial charge on any atom is 0.471 e. The molecule has 0 saturated heterocycles. The van der Waals surface area contributed by atoms with Gasteiger partial charge in [0.05, 0.1) is 5.69 Å². The minimum atomic E-state index is -5.55. The van der Waals surface area contributed by atoms with Crippen molar-refractivity contribution in [3.8, 4) is 0 Å². The molecule has 94 valence electrons. The zero-order valence-corrected chi connectivity index (χ0v) is 8.53. The molecule has 8 heteroatoms. The summed E-state index contributed by atoms with van der Waals surface area (Å²) in [5.41, 5.74) is -1.29. The van der Waals surface area contributed by atoms with Gasteiger partial charge in [0.2, 0.25) is 0 Å². The number of carbonyl (C=O) groups excluding carboxylic acids is 1. The first-order valence-electron chi connectivity index (χ1n) is 5.42. The summed E-state index contributed by atoms with van der Waals surface area (Å²) < 4.78 is 84.3. The molecule has 1 amide bonds. The molecule has 0 N–H and O–H groups in total. The second-order valence-corrected chi connectivity index (χ2v) is 3.21. The van der Waals surface area contributed by atoms with Crippen LogP contribution in [0.2, 0.25) is 5.02 Å². The third-order valence-corrected chi connectivity index (χ3v) is 2.05. The fraction of sp³-hybridized carbons (Fsp3) is 0.222. The van der Waals surface area contributed by atoms with Gasteiger partial charge < -0.3 is 4.90 Å². The molecule has 0 radical (unpaired) electrons. The molecule has 17 heavy (non-hydrogen) atoms. The molecule has 0 fully saturated rings. The normalized spacial score (nSPS) is 14.8. The molecule has 0 spiro atoms. The maximum atomic E-state index is 13.6. The Morgan fingerprint density at radius 1 is 1.41 bits per heavy atom. The molecule has 0 aromatic heterocycles. The standard InChI is InChI=1S/C9H5ClF5NO/c1-16(8(17)9(13,14)15)5-3-2-4(11)6(10)7(5)12/h2-3H,1H3/i1D3. The molecule has 1 rings (SSSR count). The number of amides is 1. The van der Waals surface area contributed by atoms with Crippen molar-refractivity contribution in [3.63, 3.8) is 0 Å². The molecular formula is C9H5ClF5NO. The van der Waals surface area contributed by atoms with E-state index in [0.29, 0.717) is 12.1 Å². The quantitative estimate of drug-likeness (QED) is 0.570. The van der Waals surface area contributed by atoms with Crippen LogP contribution in [0, 0.1) is 11.6 Å². The Balaban J connectivity index is 3.49. The number of benzene rings is 1. The highest BCUT2D eigenvalue weighted by atomic mass is 35.5. The molecule has 0 heterocycles.